The van der Waals surface area contributed by atoms with Crippen LogP contribution in [0.2, 0.25) is 0 Å². The molecule has 1 fully saturated rings. The Hall–Kier alpha value is -3.16. The topological polar surface area (TPSA) is 78.1 Å². The first-order chi connectivity index (χ1) is 14.1. The van der Waals surface area contributed by atoms with Crippen molar-refractivity contribution in [2.75, 3.05) is 19.7 Å². The molecule has 0 aliphatic carbocycles. The van der Waals surface area contributed by atoms with Crippen LogP contribution in [-0.4, -0.2) is 54.8 Å². The molecule has 1 atom stereocenters. The molecule has 8 heteroatoms. The number of aromatic nitrogens is 5. The first-order valence-electron chi connectivity index (χ1n) is 9.91. The van der Waals surface area contributed by atoms with Crippen molar-refractivity contribution in [2.24, 2.45) is 7.05 Å². The monoisotopic (exact) mass is 394 g/mol. The van der Waals surface area contributed by atoms with Crippen molar-refractivity contribution in [3.05, 3.63) is 60.2 Å². The molecule has 0 radical (unpaired) electrons. The standard InChI is InChI=1S/C21H26N6O2/c1-16-5-7-18(8-6-16)29-14-20(28)27-10-3-4-17(12-27)21-24-23-19(25(21)2)13-26-11-9-22-15-26/h5-9,11,15,17H,3-4,10,12-14H2,1-2H3. The van der Waals surface area contributed by atoms with E-state index < -0.39 is 0 Å². The fraction of sp³-hybridized carbons (Fsp3) is 0.429. The highest BCUT2D eigenvalue weighted by Gasteiger charge is 2.28. The number of hydrogen-bond donors (Lipinski definition) is 0. The molecule has 4 rings (SSSR count). The molecular formula is C21H26N6O2. The molecule has 0 N–H and O–H groups in total. The SMILES string of the molecule is Cc1ccc(OCC(=O)N2CCCC(c3nnc(Cn4ccnc4)n3C)C2)cc1. The zero-order valence-corrected chi connectivity index (χ0v) is 16.9. The molecule has 152 valence electrons. The minimum atomic E-state index is 0.0103. The van der Waals surface area contributed by atoms with Crippen LogP contribution in [0.1, 0.15) is 36.0 Å². The molecule has 1 amide bonds. The Kier molecular flexibility index (Phi) is 5.59. The third-order valence-corrected chi connectivity index (χ3v) is 5.40. The fourth-order valence-electron chi connectivity index (χ4n) is 3.70. The van der Waals surface area contributed by atoms with Crippen LogP contribution in [0.5, 0.6) is 5.75 Å². The Labute approximate surface area is 170 Å². The Balaban J connectivity index is 1.37. The third-order valence-electron chi connectivity index (χ3n) is 5.40. The highest BCUT2D eigenvalue weighted by atomic mass is 16.5. The van der Waals surface area contributed by atoms with Crippen molar-refractivity contribution < 1.29 is 9.53 Å². The first kappa shape index (κ1) is 19.2. The molecule has 1 aliphatic heterocycles. The summed E-state index contributed by atoms with van der Waals surface area (Å²) in [6.45, 7) is 4.11. The van der Waals surface area contributed by atoms with Crippen LogP contribution in [0, 0.1) is 6.92 Å². The van der Waals surface area contributed by atoms with Crippen LogP contribution in [-0.2, 0) is 18.4 Å². The molecule has 1 saturated heterocycles. The number of nitrogens with zero attached hydrogens (tertiary/aromatic N) is 6. The fourth-order valence-corrected chi connectivity index (χ4v) is 3.70. The van der Waals surface area contributed by atoms with E-state index in [2.05, 4.69) is 15.2 Å². The average Bonchev–Trinajstić information content (AvgIpc) is 3.38. The molecule has 3 aromatic rings. The number of imidazole rings is 1. The van der Waals surface area contributed by atoms with E-state index in [4.69, 9.17) is 4.74 Å². The second kappa shape index (κ2) is 8.46. The van der Waals surface area contributed by atoms with Gasteiger partial charge in [-0.25, -0.2) is 4.98 Å². The zero-order chi connectivity index (χ0) is 20.2. The largest absolute Gasteiger partial charge is 0.484 e. The normalized spacial score (nSPS) is 16.8. The summed E-state index contributed by atoms with van der Waals surface area (Å²) in [4.78, 5) is 18.6. The quantitative estimate of drug-likeness (QED) is 0.640. The number of rotatable bonds is 6. The minimum absolute atomic E-state index is 0.0103. The molecule has 0 bridgehead atoms. The number of piperidine rings is 1. The van der Waals surface area contributed by atoms with Gasteiger partial charge in [-0.05, 0) is 31.9 Å². The molecule has 8 nitrogen and oxygen atoms in total. The molecular weight excluding hydrogens is 368 g/mol. The Morgan fingerprint density at radius 1 is 1.24 bits per heavy atom. The van der Waals surface area contributed by atoms with Gasteiger partial charge in [-0.3, -0.25) is 4.79 Å². The van der Waals surface area contributed by atoms with E-state index in [1.807, 2.05) is 58.5 Å². The van der Waals surface area contributed by atoms with Gasteiger partial charge in [0.1, 0.15) is 11.6 Å². The van der Waals surface area contributed by atoms with Crippen LogP contribution in [0.3, 0.4) is 0 Å². The predicted octanol–water partition coefficient (Wildman–Crippen LogP) is 2.15. The summed E-state index contributed by atoms with van der Waals surface area (Å²) in [5.74, 6) is 2.72. The van der Waals surface area contributed by atoms with Crippen molar-refractivity contribution in [3.63, 3.8) is 0 Å². The van der Waals surface area contributed by atoms with Gasteiger partial charge in [0.15, 0.2) is 12.4 Å². The number of hydrogen-bond acceptors (Lipinski definition) is 5. The van der Waals surface area contributed by atoms with Crippen molar-refractivity contribution in [1.29, 1.82) is 0 Å². The summed E-state index contributed by atoms with van der Waals surface area (Å²) in [5.41, 5.74) is 1.17. The third kappa shape index (κ3) is 4.47. The molecule has 1 aromatic carbocycles. The maximum absolute atomic E-state index is 12.7. The van der Waals surface area contributed by atoms with Crippen LogP contribution in [0.4, 0.5) is 0 Å². The summed E-state index contributed by atoms with van der Waals surface area (Å²) < 4.78 is 9.68. The van der Waals surface area contributed by atoms with E-state index in [0.29, 0.717) is 13.1 Å². The molecule has 2 aromatic heterocycles. The van der Waals surface area contributed by atoms with Gasteiger partial charge in [0.2, 0.25) is 0 Å². The first-order valence-corrected chi connectivity index (χ1v) is 9.91. The highest BCUT2D eigenvalue weighted by molar-refractivity contribution is 5.78. The molecule has 1 unspecified atom stereocenters. The molecule has 29 heavy (non-hydrogen) atoms. The summed E-state index contributed by atoms with van der Waals surface area (Å²) in [5, 5.41) is 8.78. The second-order valence-corrected chi connectivity index (χ2v) is 7.55. The van der Waals surface area contributed by atoms with Crippen molar-refractivity contribution in [1.82, 2.24) is 29.2 Å². The van der Waals surface area contributed by atoms with Gasteiger partial charge in [0.25, 0.3) is 5.91 Å². The summed E-state index contributed by atoms with van der Waals surface area (Å²) >= 11 is 0. The average molecular weight is 394 g/mol. The lowest BCUT2D eigenvalue weighted by Gasteiger charge is -2.32. The van der Waals surface area contributed by atoms with E-state index in [1.165, 1.54) is 5.56 Å². The van der Waals surface area contributed by atoms with Gasteiger partial charge in [0.05, 0.1) is 12.9 Å². The van der Waals surface area contributed by atoms with Crippen LogP contribution >= 0.6 is 0 Å². The summed E-state index contributed by atoms with van der Waals surface area (Å²) in [6.07, 6.45) is 7.37. The Morgan fingerprint density at radius 2 is 2.07 bits per heavy atom. The van der Waals surface area contributed by atoms with E-state index >= 15 is 0 Å². The number of likely N-dealkylation sites (tertiary alicyclic amines) is 1. The van der Waals surface area contributed by atoms with E-state index in [0.717, 1.165) is 36.8 Å². The minimum Gasteiger partial charge on any atom is -0.484 e. The lowest BCUT2D eigenvalue weighted by Crippen LogP contribution is -2.42. The van der Waals surface area contributed by atoms with Gasteiger partial charge in [-0.15, -0.1) is 10.2 Å². The lowest BCUT2D eigenvalue weighted by atomic mass is 9.97. The maximum Gasteiger partial charge on any atom is 0.260 e. The maximum atomic E-state index is 12.7. The number of aryl methyl sites for hydroxylation is 1. The van der Waals surface area contributed by atoms with Crippen LogP contribution in [0.15, 0.2) is 43.0 Å². The molecule has 3 heterocycles. The molecule has 0 spiro atoms. The van der Waals surface area contributed by atoms with Gasteiger partial charge < -0.3 is 18.8 Å². The predicted molar refractivity (Wildman–Crippen MR) is 108 cm³/mol. The van der Waals surface area contributed by atoms with Gasteiger partial charge >= 0.3 is 0 Å². The summed E-state index contributed by atoms with van der Waals surface area (Å²) in [7, 11) is 1.99. The van der Waals surface area contributed by atoms with E-state index in [-0.39, 0.29) is 18.4 Å². The molecule has 1 aliphatic rings. The van der Waals surface area contributed by atoms with Crippen LogP contribution in [0.25, 0.3) is 0 Å². The van der Waals surface area contributed by atoms with Crippen molar-refractivity contribution in [3.8, 4) is 5.75 Å². The van der Waals surface area contributed by atoms with Gasteiger partial charge in [-0.2, -0.15) is 0 Å². The van der Waals surface area contributed by atoms with Gasteiger partial charge in [0, 0.05) is 38.4 Å². The molecule has 0 saturated carbocycles. The van der Waals surface area contributed by atoms with E-state index in [9.17, 15) is 4.79 Å². The highest BCUT2D eigenvalue weighted by Crippen LogP contribution is 2.26. The number of carbonyl (C=O) groups is 1. The number of carbonyl (C=O) groups excluding carboxylic acids is 1. The Bertz CT molecular complexity index is 948. The number of benzene rings is 1. The van der Waals surface area contributed by atoms with Crippen molar-refractivity contribution in [2.45, 2.75) is 32.2 Å². The van der Waals surface area contributed by atoms with Gasteiger partial charge in [-0.1, -0.05) is 17.7 Å². The number of ether oxygens (including phenoxy) is 1. The van der Waals surface area contributed by atoms with E-state index in [1.54, 1.807) is 12.5 Å². The Morgan fingerprint density at radius 3 is 2.83 bits per heavy atom. The van der Waals surface area contributed by atoms with Crippen LogP contribution < -0.4 is 4.74 Å². The zero-order valence-electron chi connectivity index (χ0n) is 16.9. The van der Waals surface area contributed by atoms with Crippen molar-refractivity contribution >= 4 is 5.91 Å². The number of amides is 1. The summed E-state index contributed by atoms with van der Waals surface area (Å²) in [6, 6.07) is 7.74. The second-order valence-electron chi connectivity index (χ2n) is 7.55. The smallest absolute Gasteiger partial charge is 0.260 e. The lowest BCUT2D eigenvalue weighted by molar-refractivity contribution is -0.134.